The predicted octanol–water partition coefficient (Wildman–Crippen LogP) is 3.44. The monoisotopic (exact) mass is 277 g/mol. The van der Waals surface area contributed by atoms with E-state index in [1.54, 1.807) is 0 Å². The zero-order valence-electron chi connectivity index (χ0n) is 10.4. The van der Waals surface area contributed by atoms with Gasteiger partial charge in [0, 0.05) is 6.07 Å². The molecule has 1 aromatic carbocycles. The second kappa shape index (κ2) is 5.36. The smallest absolute Gasteiger partial charge is 0.406 e. The summed E-state index contributed by atoms with van der Waals surface area (Å²) in [6.07, 6.45) is -4.02. The summed E-state index contributed by atoms with van der Waals surface area (Å²) in [7, 11) is 0. The number of ether oxygens (including phenoxy) is 1. The van der Waals surface area contributed by atoms with Crippen LogP contribution in [0.4, 0.5) is 17.6 Å². The third-order valence-corrected chi connectivity index (χ3v) is 3.39. The van der Waals surface area contributed by atoms with Crippen molar-refractivity contribution in [2.45, 2.75) is 25.6 Å². The molecule has 2 rings (SSSR count). The van der Waals surface area contributed by atoms with Gasteiger partial charge in [-0.05, 0) is 43.0 Å². The number of alkyl halides is 3. The Hall–Kier alpha value is -1.30. The van der Waals surface area contributed by atoms with Crippen molar-refractivity contribution in [3.8, 4) is 5.75 Å². The van der Waals surface area contributed by atoms with Crippen LogP contribution >= 0.6 is 0 Å². The summed E-state index contributed by atoms with van der Waals surface area (Å²) in [5.74, 6) is -0.880. The number of hydrogen-bond acceptors (Lipinski definition) is 2. The van der Waals surface area contributed by atoms with Crippen LogP contribution in [-0.2, 0) is 0 Å². The van der Waals surface area contributed by atoms with Gasteiger partial charge in [0.05, 0.1) is 0 Å². The van der Waals surface area contributed by atoms with Crippen molar-refractivity contribution in [3.63, 3.8) is 0 Å². The summed E-state index contributed by atoms with van der Waals surface area (Å²) in [4.78, 5) is 0. The summed E-state index contributed by atoms with van der Waals surface area (Å²) in [5.41, 5.74) is 0.462. The molecule has 2 atom stereocenters. The number of halogens is 4. The van der Waals surface area contributed by atoms with Crippen molar-refractivity contribution >= 4 is 0 Å². The molecule has 0 spiro atoms. The van der Waals surface area contributed by atoms with Gasteiger partial charge in [0.15, 0.2) is 0 Å². The highest BCUT2D eigenvalue weighted by Gasteiger charge is 2.32. The Morgan fingerprint density at radius 1 is 1.32 bits per heavy atom. The number of benzene rings is 1. The highest BCUT2D eigenvalue weighted by Crippen LogP contribution is 2.34. The molecule has 1 fully saturated rings. The average molecular weight is 277 g/mol. The molecular formula is C13H15F4NO. The number of nitrogens with one attached hydrogen (secondary N) is 1. The minimum absolute atomic E-state index is 0.0289. The standard InChI is InChI=1S/C13H15F4NO/c1-8-7-18-5-4-10(8)11-3-2-9(6-12(11)14)19-13(15,16)17/h2-3,6,8,10,18H,4-5,7H2,1H3. The molecule has 0 bridgehead atoms. The van der Waals surface area contributed by atoms with Crippen LogP contribution in [0.3, 0.4) is 0 Å². The fourth-order valence-corrected chi connectivity index (χ4v) is 2.48. The fraction of sp³-hybridized carbons (Fsp3) is 0.538. The van der Waals surface area contributed by atoms with Gasteiger partial charge in [0.1, 0.15) is 11.6 Å². The summed E-state index contributed by atoms with van der Waals surface area (Å²) < 4.78 is 53.7. The van der Waals surface area contributed by atoms with Gasteiger partial charge < -0.3 is 10.1 Å². The highest BCUT2D eigenvalue weighted by atomic mass is 19.4. The van der Waals surface area contributed by atoms with Crippen LogP contribution in [0.15, 0.2) is 18.2 Å². The van der Waals surface area contributed by atoms with Gasteiger partial charge >= 0.3 is 6.36 Å². The van der Waals surface area contributed by atoms with Crippen molar-refractivity contribution in [3.05, 3.63) is 29.6 Å². The van der Waals surface area contributed by atoms with E-state index in [1.165, 1.54) is 12.1 Å². The van der Waals surface area contributed by atoms with Crippen molar-refractivity contribution < 1.29 is 22.3 Å². The van der Waals surface area contributed by atoms with E-state index in [2.05, 4.69) is 10.1 Å². The Morgan fingerprint density at radius 3 is 2.63 bits per heavy atom. The fourth-order valence-electron chi connectivity index (χ4n) is 2.48. The maximum atomic E-state index is 13.9. The van der Waals surface area contributed by atoms with Gasteiger partial charge in [0.25, 0.3) is 0 Å². The maximum absolute atomic E-state index is 13.9. The molecular weight excluding hydrogens is 262 g/mol. The van der Waals surface area contributed by atoms with Crippen LogP contribution in [-0.4, -0.2) is 19.5 Å². The predicted molar refractivity (Wildman–Crippen MR) is 62.5 cm³/mol. The van der Waals surface area contributed by atoms with Crippen LogP contribution in [0.2, 0.25) is 0 Å². The van der Waals surface area contributed by atoms with Crippen LogP contribution < -0.4 is 10.1 Å². The quantitative estimate of drug-likeness (QED) is 0.836. The molecule has 0 radical (unpaired) electrons. The van der Waals surface area contributed by atoms with E-state index >= 15 is 0 Å². The summed E-state index contributed by atoms with van der Waals surface area (Å²) >= 11 is 0. The highest BCUT2D eigenvalue weighted by molar-refractivity contribution is 5.32. The van der Waals surface area contributed by atoms with Gasteiger partial charge in [0.2, 0.25) is 0 Å². The molecule has 6 heteroatoms. The van der Waals surface area contributed by atoms with Crippen LogP contribution in [0.1, 0.15) is 24.8 Å². The van der Waals surface area contributed by atoms with E-state index in [1.807, 2.05) is 6.92 Å². The first-order valence-corrected chi connectivity index (χ1v) is 6.13. The Morgan fingerprint density at radius 2 is 2.05 bits per heavy atom. The normalized spacial score (nSPS) is 24.3. The van der Waals surface area contributed by atoms with Crippen LogP contribution in [0.25, 0.3) is 0 Å². The zero-order chi connectivity index (χ0) is 14.0. The van der Waals surface area contributed by atoms with E-state index in [0.29, 0.717) is 5.56 Å². The van der Waals surface area contributed by atoms with Crippen LogP contribution in [0.5, 0.6) is 5.75 Å². The SMILES string of the molecule is CC1CNCCC1c1ccc(OC(F)(F)F)cc1F. The van der Waals surface area contributed by atoms with Crippen molar-refractivity contribution in [1.29, 1.82) is 0 Å². The number of piperidine rings is 1. The maximum Gasteiger partial charge on any atom is 0.573 e. The molecule has 0 aromatic heterocycles. The Kier molecular flexibility index (Phi) is 3.99. The Labute approximate surface area is 108 Å². The first kappa shape index (κ1) is 14.1. The molecule has 0 amide bonds. The second-order valence-corrected chi connectivity index (χ2v) is 4.81. The van der Waals surface area contributed by atoms with Crippen molar-refractivity contribution in [2.75, 3.05) is 13.1 Å². The lowest BCUT2D eigenvalue weighted by atomic mass is 9.82. The van der Waals surface area contributed by atoms with Crippen molar-refractivity contribution in [2.24, 2.45) is 5.92 Å². The third-order valence-electron chi connectivity index (χ3n) is 3.39. The minimum Gasteiger partial charge on any atom is -0.406 e. The zero-order valence-corrected chi connectivity index (χ0v) is 10.4. The molecule has 1 heterocycles. The molecule has 2 nitrogen and oxygen atoms in total. The number of rotatable bonds is 2. The minimum atomic E-state index is -4.80. The molecule has 1 N–H and O–H groups in total. The Balaban J connectivity index is 2.19. The summed E-state index contributed by atoms with van der Waals surface area (Å²) in [6.45, 7) is 3.57. The van der Waals surface area contributed by atoms with E-state index < -0.39 is 17.9 Å². The van der Waals surface area contributed by atoms with Crippen LogP contribution in [0, 0.1) is 11.7 Å². The first-order valence-electron chi connectivity index (χ1n) is 6.13. The van der Waals surface area contributed by atoms with E-state index in [-0.39, 0.29) is 11.8 Å². The van der Waals surface area contributed by atoms with E-state index in [0.717, 1.165) is 25.6 Å². The lowest BCUT2D eigenvalue weighted by Gasteiger charge is -2.30. The molecule has 19 heavy (non-hydrogen) atoms. The molecule has 1 aromatic rings. The molecule has 1 aliphatic rings. The number of hydrogen-bond donors (Lipinski definition) is 1. The summed E-state index contributed by atoms with van der Waals surface area (Å²) in [5, 5.41) is 3.20. The molecule has 0 saturated carbocycles. The van der Waals surface area contributed by atoms with Gasteiger partial charge in [-0.2, -0.15) is 0 Å². The molecule has 0 aliphatic carbocycles. The first-order chi connectivity index (χ1) is 8.87. The van der Waals surface area contributed by atoms with Crippen molar-refractivity contribution in [1.82, 2.24) is 5.32 Å². The van der Waals surface area contributed by atoms with E-state index in [9.17, 15) is 17.6 Å². The second-order valence-electron chi connectivity index (χ2n) is 4.81. The average Bonchev–Trinajstić information content (AvgIpc) is 2.28. The molecule has 1 aliphatic heterocycles. The topological polar surface area (TPSA) is 21.3 Å². The largest absolute Gasteiger partial charge is 0.573 e. The third kappa shape index (κ3) is 3.59. The van der Waals surface area contributed by atoms with E-state index in [4.69, 9.17) is 0 Å². The molecule has 1 saturated heterocycles. The van der Waals surface area contributed by atoms with Gasteiger partial charge in [-0.25, -0.2) is 4.39 Å². The lowest BCUT2D eigenvalue weighted by molar-refractivity contribution is -0.274. The summed E-state index contributed by atoms with van der Waals surface area (Å²) in [6, 6.07) is 3.36. The van der Waals surface area contributed by atoms with Gasteiger partial charge in [-0.15, -0.1) is 13.2 Å². The van der Waals surface area contributed by atoms with Gasteiger partial charge in [-0.3, -0.25) is 0 Å². The molecule has 2 unspecified atom stereocenters. The van der Waals surface area contributed by atoms with Gasteiger partial charge in [-0.1, -0.05) is 13.0 Å². The lowest BCUT2D eigenvalue weighted by Crippen LogP contribution is -2.34. The Bertz CT molecular complexity index is 447. The molecule has 106 valence electrons.